The summed E-state index contributed by atoms with van der Waals surface area (Å²) in [6.45, 7) is 4.28. The maximum atomic E-state index is 13.6. The number of halogens is 2. The minimum absolute atomic E-state index is 0.291. The molecule has 0 saturated carbocycles. The molecule has 2 aromatic rings. The van der Waals surface area contributed by atoms with Crippen LogP contribution in [0.4, 0.5) is 8.78 Å². The number of imidazole rings is 1. The van der Waals surface area contributed by atoms with Gasteiger partial charge >= 0.3 is 0 Å². The van der Waals surface area contributed by atoms with Gasteiger partial charge < -0.3 is 9.88 Å². The molecule has 0 atom stereocenters. The van der Waals surface area contributed by atoms with Crippen LogP contribution in [0.15, 0.2) is 30.7 Å². The molecule has 0 aliphatic carbocycles. The van der Waals surface area contributed by atoms with Crippen molar-refractivity contribution in [2.24, 2.45) is 0 Å². The summed E-state index contributed by atoms with van der Waals surface area (Å²) in [5.41, 5.74) is 1.28. The first-order valence-corrected chi connectivity index (χ1v) is 6.85. The Hall–Kier alpha value is -1.75. The average Bonchev–Trinajstić information content (AvgIpc) is 2.88. The summed E-state index contributed by atoms with van der Waals surface area (Å²) in [7, 11) is 0. The Bertz CT molecular complexity index is 552. The molecular weight excluding hydrogens is 260 g/mol. The summed E-state index contributed by atoms with van der Waals surface area (Å²) in [6, 6.07) is 4.22. The number of nitrogens with zero attached hydrogens (tertiary/aromatic N) is 2. The Morgan fingerprint density at radius 2 is 2.10 bits per heavy atom. The van der Waals surface area contributed by atoms with Gasteiger partial charge in [0.2, 0.25) is 0 Å². The van der Waals surface area contributed by atoms with Crippen molar-refractivity contribution in [2.45, 2.75) is 26.3 Å². The summed E-state index contributed by atoms with van der Waals surface area (Å²) in [5, 5.41) is 3.30. The minimum atomic E-state index is -0.813. The van der Waals surface area contributed by atoms with Crippen LogP contribution in [0.25, 0.3) is 0 Å². The zero-order chi connectivity index (χ0) is 14.4. The van der Waals surface area contributed by atoms with Crippen molar-refractivity contribution in [3.8, 4) is 0 Å². The second kappa shape index (κ2) is 7.14. The smallest absolute Gasteiger partial charge is 0.163 e. The van der Waals surface area contributed by atoms with E-state index >= 15 is 0 Å². The van der Waals surface area contributed by atoms with E-state index in [4.69, 9.17) is 0 Å². The van der Waals surface area contributed by atoms with Crippen molar-refractivity contribution < 1.29 is 8.78 Å². The van der Waals surface area contributed by atoms with Crippen LogP contribution in [0.3, 0.4) is 0 Å². The Labute approximate surface area is 117 Å². The van der Waals surface area contributed by atoms with E-state index in [2.05, 4.69) is 17.2 Å². The summed E-state index contributed by atoms with van der Waals surface area (Å²) in [6.07, 6.45) is 5.46. The van der Waals surface area contributed by atoms with Crippen molar-refractivity contribution in [1.29, 1.82) is 0 Å². The predicted molar refractivity (Wildman–Crippen MR) is 74.6 cm³/mol. The molecule has 5 heteroatoms. The molecule has 0 fully saturated rings. The number of rotatable bonds is 7. The van der Waals surface area contributed by atoms with Gasteiger partial charge in [-0.15, -0.1) is 0 Å². The maximum absolute atomic E-state index is 13.6. The highest BCUT2D eigenvalue weighted by molar-refractivity contribution is 5.19. The number of hydrogen-bond donors (Lipinski definition) is 1. The van der Waals surface area contributed by atoms with Crippen LogP contribution in [0.2, 0.25) is 0 Å². The molecule has 3 nitrogen and oxygen atoms in total. The topological polar surface area (TPSA) is 29.9 Å². The molecule has 0 radical (unpaired) electrons. The summed E-state index contributed by atoms with van der Waals surface area (Å²) >= 11 is 0. The number of nitrogens with one attached hydrogen (secondary N) is 1. The van der Waals surface area contributed by atoms with E-state index in [-0.39, 0.29) is 0 Å². The van der Waals surface area contributed by atoms with Crippen LogP contribution in [-0.4, -0.2) is 22.6 Å². The number of benzene rings is 1. The molecule has 0 aliphatic rings. The standard InChI is InChI=1S/C15H19F2N3/c1-2-7-18-8-6-13-10-20(11-19-13)9-12-4-3-5-14(16)15(12)17/h3-5,10-11,18H,2,6-9H2,1H3. The fourth-order valence-electron chi connectivity index (χ4n) is 2.01. The molecule has 0 saturated heterocycles. The Morgan fingerprint density at radius 3 is 2.90 bits per heavy atom. The molecule has 108 valence electrons. The first kappa shape index (κ1) is 14.7. The van der Waals surface area contributed by atoms with E-state index in [0.717, 1.165) is 37.7 Å². The van der Waals surface area contributed by atoms with Crippen molar-refractivity contribution in [3.05, 3.63) is 53.6 Å². The molecule has 1 heterocycles. The third-order valence-electron chi connectivity index (χ3n) is 3.06. The molecule has 0 bridgehead atoms. The van der Waals surface area contributed by atoms with Crippen LogP contribution >= 0.6 is 0 Å². The van der Waals surface area contributed by atoms with Crippen LogP contribution in [-0.2, 0) is 13.0 Å². The van der Waals surface area contributed by atoms with Crippen LogP contribution in [0.5, 0.6) is 0 Å². The monoisotopic (exact) mass is 279 g/mol. The molecule has 0 unspecified atom stereocenters. The van der Waals surface area contributed by atoms with Gasteiger partial charge in [-0.2, -0.15) is 0 Å². The summed E-state index contributed by atoms with van der Waals surface area (Å²) < 4.78 is 28.5. The van der Waals surface area contributed by atoms with Crippen LogP contribution in [0, 0.1) is 11.6 Å². The lowest BCUT2D eigenvalue weighted by molar-refractivity contribution is 0.495. The fourth-order valence-corrected chi connectivity index (χ4v) is 2.01. The van der Waals surface area contributed by atoms with Gasteiger partial charge in [-0.05, 0) is 19.0 Å². The molecule has 2 rings (SSSR count). The highest BCUT2D eigenvalue weighted by Gasteiger charge is 2.08. The summed E-state index contributed by atoms with van der Waals surface area (Å²) in [5.74, 6) is -1.60. The first-order chi connectivity index (χ1) is 9.70. The van der Waals surface area contributed by atoms with Crippen molar-refractivity contribution in [2.75, 3.05) is 13.1 Å². The summed E-state index contributed by atoms with van der Waals surface area (Å²) in [4.78, 5) is 4.27. The van der Waals surface area contributed by atoms with Crippen molar-refractivity contribution in [1.82, 2.24) is 14.9 Å². The zero-order valence-electron chi connectivity index (χ0n) is 11.6. The highest BCUT2D eigenvalue weighted by Crippen LogP contribution is 2.13. The van der Waals surface area contributed by atoms with Gasteiger partial charge in [-0.1, -0.05) is 19.1 Å². The van der Waals surface area contributed by atoms with E-state index in [0.29, 0.717) is 12.1 Å². The van der Waals surface area contributed by atoms with Gasteiger partial charge in [0.15, 0.2) is 11.6 Å². The highest BCUT2D eigenvalue weighted by atomic mass is 19.2. The average molecular weight is 279 g/mol. The molecule has 1 aromatic carbocycles. The third kappa shape index (κ3) is 3.87. The van der Waals surface area contributed by atoms with Gasteiger partial charge in [-0.3, -0.25) is 0 Å². The van der Waals surface area contributed by atoms with Gasteiger partial charge in [0.25, 0.3) is 0 Å². The molecule has 20 heavy (non-hydrogen) atoms. The fraction of sp³-hybridized carbons (Fsp3) is 0.400. The Balaban J connectivity index is 1.94. The lowest BCUT2D eigenvalue weighted by Crippen LogP contribution is -2.17. The molecule has 0 spiro atoms. The Morgan fingerprint density at radius 1 is 1.25 bits per heavy atom. The van der Waals surface area contributed by atoms with Crippen LogP contribution < -0.4 is 5.32 Å². The molecule has 1 N–H and O–H groups in total. The lowest BCUT2D eigenvalue weighted by Gasteiger charge is -2.04. The largest absolute Gasteiger partial charge is 0.333 e. The molecule has 0 amide bonds. The normalized spacial score (nSPS) is 10.9. The van der Waals surface area contributed by atoms with Gasteiger partial charge in [0.1, 0.15) is 0 Å². The lowest BCUT2D eigenvalue weighted by atomic mass is 10.2. The molecule has 0 aliphatic heterocycles. The second-order valence-corrected chi connectivity index (χ2v) is 4.75. The van der Waals surface area contributed by atoms with E-state index in [1.54, 1.807) is 17.0 Å². The SMILES string of the molecule is CCCNCCc1cn(Cc2cccc(F)c2F)cn1. The van der Waals surface area contributed by atoms with E-state index < -0.39 is 11.6 Å². The molecule has 1 aromatic heterocycles. The minimum Gasteiger partial charge on any atom is -0.333 e. The predicted octanol–water partition coefficient (Wildman–Crippen LogP) is 2.75. The Kier molecular flexibility index (Phi) is 5.24. The third-order valence-corrected chi connectivity index (χ3v) is 3.06. The second-order valence-electron chi connectivity index (χ2n) is 4.75. The number of hydrogen-bond acceptors (Lipinski definition) is 2. The van der Waals surface area contributed by atoms with Crippen molar-refractivity contribution in [3.63, 3.8) is 0 Å². The van der Waals surface area contributed by atoms with Gasteiger partial charge in [0.05, 0.1) is 18.6 Å². The van der Waals surface area contributed by atoms with Crippen LogP contribution in [0.1, 0.15) is 24.6 Å². The van der Waals surface area contributed by atoms with E-state index in [9.17, 15) is 8.78 Å². The first-order valence-electron chi connectivity index (χ1n) is 6.85. The zero-order valence-corrected chi connectivity index (χ0v) is 11.6. The number of aromatic nitrogens is 2. The quantitative estimate of drug-likeness (QED) is 0.790. The maximum Gasteiger partial charge on any atom is 0.163 e. The van der Waals surface area contributed by atoms with E-state index in [1.165, 1.54) is 6.07 Å². The van der Waals surface area contributed by atoms with E-state index in [1.807, 2.05) is 6.20 Å². The molecular formula is C15H19F2N3. The van der Waals surface area contributed by atoms with Gasteiger partial charge in [0, 0.05) is 24.7 Å². The van der Waals surface area contributed by atoms with Crippen molar-refractivity contribution >= 4 is 0 Å². The van der Waals surface area contributed by atoms with Gasteiger partial charge in [-0.25, -0.2) is 13.8 Å².